The molecule has 1 aliphatic carbocycles. The summed E-state index contributed by atoms with van der Waals surface area (Å²) < 4.78 is 0. The summed E-state index contributed by atoms with van der Waals surface area (Å²) in [7, 11) is 0. The largest absolute Gasteiger partial charge is 0.481 e. The van der Waals surface area contributed by atoms with Crippen molar-refractivity contribution in [2.75, 3.05) is 0 Å². The molecule has 0 aliphatic heterocycles. The highest BCUT2D eigenvalue weighted by Gasteiger charge is 2.40. The van der Waals surface area contributed by atoms with Gasteiger partial charge in [0, 0.05) is 6.42 Å². The van der Waals surface area contributed by atoms with Crippen LogP contribution in [-0.2, 0) is 4.79 Å². The van der Waals surface area contributed by atoms with E-state index in [0.717, 1.165) is 12.8 Å². The summed E-state index contributed by atoms with van der Waals surface area (Å²) in [5, 5.41) is 8.40. The van der Waals surface area contributed by atoms with Gasteiger partial charge in [0.1, 0.15) is 0 Å². The highest BCUT2D eigenvalue weighted by atomic mass is 16.4. The van der Waals surface area contributed by atoms with E-state index in [2.05, 4.69) is 6.92 Å². The second kappa shape index (κ2) is 2.60. The minimum Gasteiger partial charge on any atom is -0.481 e. The Labute approximate surface area is 61.2 Å². The van der Waals surface area contributed by atoms with Crippen LogP contribution in [0.3, 0.4) is 0 Å². The molecule has 1 rings (SSSR count). The SMILES string of the molecule is CCC1(CCC(=O)O)CC1. The van der Waals surface area contributed by atoms with Crippen molar-refractivity contribution in [3.63, 3.8) is 0 Å². The van der Waals surface area contributed by atoms with Crippen LogP contribution in [0.25, 0.3) is 0 Å². The number of rotatable bonds is 4. The molecule has 2 heteroatoms. The second-order valence-electron chi connectivity index (χ2n) is 3.25. The van der Waals surface area contributed by atoms with E-state index in [0.29, 0.717) is 11.8 Å². The van der Waals surface area contributed by atoms with Crippen molar-refractivity contribution in [1.82, 2.24) is 0 Å². The normalized spacial score (nSPS) is 20.5. The van der Waals surface area contributed by atoms with Crippen LogP contribution in [-0.4, -0.2) is 11.1 Å². The maximum atomic E-state index is 10.2. The Morgan fingerprint density at radius 3 is 2.50 bits per heavy atom. The summed E-state index contributed by atoms with van der Waals surface area (Å²) in [6.45, 7) is 2.15. The van der Waals surface area contributed by atoms with Crippen molar-refractivity contribution in [2.45, 2.75) is 39.0 Å². The molecule has 0 aromatic carbocycles. The van der Waals surface area contributed by atoms with Crippen molar-refractivity contribution in [3.05, 3.63) is 0 Å². The molecule has 0 spiro atoms. The van der Waals surface area contributed by atoms with Crippen molar-refractivity contribution < 1.29 is 9.90 Å². The van der Waals surface area contributed by atoms with Crippen LogP contribution in [0.1, 0.15) is 39.0 Å². The van der Waals surface area contributed by atoms with E-state index in [-0.39, 0.29) is 0 Å². The van der Waals surface area contributed by atoms with Gasteiger partial charge in [-0.3, -0.25) is 4.79 Å². The molecule has 2 nitrogen and oxygen atoms in total. The Balaban J connectivity index is 2.19. The van der Waals surface area contributed by atoms with E-state index in [1.54, 1.807) is 0 Å². The minimum absolute atomic E-state index is 0.355. The van der Waals surface area contributed by atoms with Gasteiger partial charge in [0.05, 0.1) is 0 Å². The summed E-state index contributed by atoms with van der Waals surface area (Å²) >= 11 is 0. The van der Waals surface area contributed by atoms with E-state index >= 15 is 0 Å². The highest BCUT2D eigenvalue weighted by Crippen LogP contribution is 2.52. The van der Waals surface area contributed by atoms with Crippen molar-refractivity contribution in [1.29, 1.82) is 0 Å². The van der Waals surface area contributed by atoms with E-state index < -0.39 is 5.97 Å². The van der Waals surface area contributed by atoms with Gasteiger partial charge in [0.15, 0.2) is 0 Å². The molecular weight excluding hydrogens is 128 g/mol. The summed E-state index contributed by atoms with van der Waals surface area (Å²) in [4.78, 5) is 10.2. The molecule has 1 aliphatic rings. The Morgan fingerprint density at radius 1 is 1.60 bits per heavy atom. The van der Waals surface area contributed by atoms with Crippen LogP contribution in [0.4, 0.5) is 0 Å². The fourth-order valence-electron chi connectivity index (χ4n) is 1.33. The van der Waals surface area contributed by atoms with E-state index in [1.165, 1.54) is 12.8 Å². The van der Waals surface area contributed by atoms with Crippen LogP contribution in [0.2, 0.25) is 0 Å². The van der Waals surface area contributed by atoms with Crippen LogP contribution < -0.4 is 0 Å². The summed E-state index contributed by atoms with van der Waals surface area (Å²) in [6.07, 6.45) is 4.89. The van der Waals surface area contributed by atoms with Gasteiger partial charge in [-0.05, 0) is 24.7 Å². The molecule has 0 amide bonds. The molecule has 0 unspecified atom stereocenters. The quantitative estimate of drug-likeness (QED) is 0.652. The van der Waals surface area contributed by atoms with Gasteiger partial charge in [-0.25, -0.2) is 0 Å². The molecule has 0 saturated heterocycles. The van der Waals surface area contributed by atoms with E-state index in [4.69, 9.17) is 5.11 Å². The molecule has 0 heterocycles. The molecular formula is C8H14O2. The van der Waals surface area contributed by atoms with Crippen molar-refractivity contribution in [2.24, 2.45) is 5.41 Å². The molecule has 0 aromatic heterocycles. The van der Waals surface area contributed by atoms with Crippen molar-refractivity contribution in [3.8, 4) is 0 Å². The molecule has 0 bridgehead atoms. The Kier molecular flexibility index (Phi) is 1.97. The third-order valence-corrected chi connectivity index (χ3v) is 2.58. The zero-order chi connectivity index (χ0) is 7.61. The molecule has 1 N–H and O–H groups in total. The summed E-state index contributed by atoms with van der Waals surface area (Å²) in [5.41, 5.74) is 0.443. The second-order valence-corrected chi connectivity index (χ2v) is 3.25. The molecule has 0 radical (unpaired) electrons. The third-order valence-electron chi connectivity index (χ3n) is 2.58. The van der Waals surface area contributed by atoms with Crippen LogP contribution in [0.5, 0.6) is 0 Å². The Morgan fingerprint density at radius 2 is 2.20 bits per heavy atom. The number of carboxylic acid groups (broad SMARTS) is 1. The first-order chi connectivity index (χ1) is 4.68. The smallest absolute Gasteiger partial charge is 0.303 e. The van der Waals surface area contributed by atoms with Gasteiger partial charge in [0.25, 0.3) is 0 Å². The minimum atomic E-state index is -0.653. The zero-order valence-corrected chi connectivity index (χ0v) is 6.39. The Bertz CT molecular complexity index is 136. The average molecular weight is 142 g/mol. The molecule has 1 saturated carbocycles. The summed E-state index contributed by atoms with van der Waals surface area (Å²) in [5.74, 6) is -0.653. The molecule has 0 aromatic rings. The Hall–Kier alpha value is -0.530. The monoisotopic (exact) mass is 142 g/mol. The van der Waals surface area contributed by atoms with Crippen LogP contribution >= 0.6 is 0 Å². The zero-order valence-electron chi connectivity index (χ0n) is 6.39. The van der Waals surface area contributed by atoms with Gasteiger partial charge >= 0.3 is 5.97 Å². The lowest BCUT2D eigenvalue weighted by Crippen LogP contribution is -2.03. The standard InChI is InChI=1S/C8H14O2/c1-2-8(5-6-8)4-3-7(9)10/h2-6H2,1H3,(H,9,10). The fraction of sp³-hybridized carbons (Fsp3) is 0.875. The van der Waals surface area contributed by atoms with Gasteiger partial charge in [-0.15, -0.1) is 0 Å². The number of carboxylic acids is 1. The van der Waals surface area contributed by atoms with Crippen LogP contribution in [0, 0.1) is 5.41 Å². The maximum absolute atomic E-state index is 10.2. The highest BCUT2D eigenvalue weighted by molar-refractivity contribution is 5.66. The lowest BCUT2D eigenvalue weighted by atomic mass is 9.97. The maximum Gasteiger partial charge on any atom is 0.303 e. The van der Waals surface area contributed by atoms with Gasteiger partial charge in [0.2, 0.25) is 0 Å². The van der Waals surface area contributed by atoms with E-state index in [9.17, 15) is 4.79 Å². The van der Waals surface area contributed by atoms with E-state index in [1.807, 2.05) is 0 Å². The van der Waals surface area contributed by atoms with Gasteiger partial charge < -0.3 is 5.11 Å². The first-order valence-corrected chi connectivity index (χ1v) is 3.90. The van der Waals surface area contributed by atoms with Gasteiger partial charge in [-0.1, -0.05) is 13.3 Å². The first kappa shape index (κ1) is 7.58. The van der Waals surface area contributed by atoms with Crippen molar-refractivity contribution >= 4 is 5.97 Å². The number of hydrogen-bond donors (Lipinski definition) is 1. The third kappa shape index (κ3) is 1.72. The molecule has 10 heavy (non-hydrogen) atoms. The summed E-state index contributed by atoms with van der Waals surface area (Å²) in [6, 6.07) is 0. The average Bonchev–Trinajstić information content (AvgIpc) is 2.64. The molecule has 0 atom stereocenters. The number of carbonyl (C=O) groups is 1. The van der Waals surface area contributed by atoms with Crippen LogP contribution in [0.15, 0.2) is 0 Å². The van der Waals surface area contributed by atoms with Gasteiger partial charge in [-0.2, -0.15) is 0 Å². The molecule has 1 fully saturated rings. The predicted octanol–water partition coefficient (Wildman–Crippen LogP) is 2.04. The fourth-order valence-corrected chi connectivity index (χ4v) is 1.33. The topological polar surface area (TPSA) is 37.3 Å². The lowest BCUT2D eigenvalue weighted by Gasteiger charge is -2.08. The number of hydrogen-bond acceptors (Lipinski definition) is 1. The molecule has 58 valence electrons. The number of aliphatic carboxylic acids is 1. The predicted molar refractivity (Wildman–Crippen MR) is 38.8 cm³/mol. The first-order valence-electron chi connectivity index (χ1n) is 3.90. The lowest BCUT2D eigenvalue weighted by molar-refractivity contribution is -0.137.